The third-order valence-electron chi connectivity index (χ3n) is 1.53. The van der Waals surface area contributed by atoms with Crippen molar-refractivity contribution in [3.8, 4) is 0 Å². The van der Waals surface area contributed by atoms with Gasteiger partial charge in [-0.3, -0.25) is 0 Å². The van der Waals surface area contributed by atoms with E-state index in [-0.39, 0.29) is 0 Å². The second-order valence-corrected chi connectivity index (χ2v) is 4.33. The Balaban J connectivity index is 3.14. The molecule has 0 aliphatic heterocycles. The minimum absolute atomic E-state index is 0.519. The first-order chi connectivity index (χ1) is 6.50. The quantitative estimate of drug-likeness (QED) is 0.650. The molecule has 0 atom stereocenters. The Kier molecular flexibility index (Phi) is 3.71. The molecule has 0 fully saturated rings. The van der Waals surface area contributed by atoms with Gasteiger partial charge in [0.05, 0.1) is 5.69 Å². The molecule has 0 aromatic heterocycles. The molecule has 0 amide bonds. The van der Waals surface area contributed by atoms with Crippen LogP contribution in [0.1, 0.15) is 5.56 Å². The minimum atomic E-state index is -1.000. The number of nitrogens with two attached hydrogens (primary N) is 1. The van der Waals surface area contributed by atoms with Crippen molar-refractivity contribution in [2.75, 3.05) is 5.73 Å². The summed E-state index contributed by atoms with van der Waals surface area (Å²) in [6.45, 7) is 0. The summed E-state index contributed by atoms with van der Waals surface area (Å²) in [6.07, 6.45) is 2.50. The lowest BCUT2D eigenvalue weighted by Crippen LogP contribution is -1.92. The number of rotatable bonds is 2. The van der Waals surface area contributed by atoms with Gasteiger partial charge in [0, 0.05) is 15.0 Å². The maximum Gasteiger partial charge on any atom is 0.328 e. The van der Waals surface area contributed by atoms with Crippen molar-refractivity contribution < 1.29 is 9.90 Å². The molecule has 0 unspecified atom stereocenters. The molecule has 0 saturated carbocycles. The van der Waals surface area contributed by atoms with Gasteiger partial charge < -0.3 is 10.8 Å². The average molecular weight is 321 g/mol. The highest BCUT2D eigenvalue weighted by atomic mass is 79.9. The van der Waals surface area contributed by atoms with Gasteiger partial charge >= 0.3 is 5.97 Å². The van der Waals surface area contributed by atoms with E-state index in [0.717, 1.165) is 15.0 Å². The van der Waals surface area contributed by atoms with Crippen molar-refractivity contribution in [2.45, 2.75) is 0 Å². The molecule has 3 nitrogen and oxygen atoms in total. The molecule has 1 rings (SSSR count). The Hall–Kier alpha value is -0.810. The van der Waals surface area contributed by atoms with E-state index in [1.54, 1.807) is 12.1 Å². The van der Waals surface area contributed by atoms with E-state index >= 15 is 0 Å². The average Bonchev–Trinajstić information content (AvgIpc) is 2.08. The number of anilines is 1. The number of hydrogen-bond donors (Lipinski definition) is 2. The second-order valence-electron chi connectivity index (χ2n) is 2.56. The molecular formula is C9H7Br2NO2. The SMILES string of the molecule is Nc1c(Br)cc(Br)cc1C=CC(=O)O. The van der Waals surface area contributed by atoms with Crippen LogP contribution in [0.25, 0.3) is 6.08 Å². The smallest absolute Gasteiger partial charge is 0.328 e. The van der Waals surface area contributed by atoms with Crippen LogP contribution in [-0.4, -0.2) is 11.1 Å². The molecule has 14 heavy (non-hydrogen) atoms. The maximum atomic E-state index is 10.3. The van der Waals surface area contributed by atoms with Crippen molar-refractivity contribution in [3.05, 3.63) is 32.7 Å². The van der Waals surface area contributed by atoms with Crippen molar-refractivity contribution >= 4 is 49.6 Å². The van der Waals surface area contributed by atoms with Crippen LogP contribution in [0.4, 0.5) is 5.69 Å². The highest BCUT2D eigenvalue weighted by molar-refractivity contribution is 9.11. The third-order valence-corrected chi connectivity index (χ3v) is 2.65. The summed E-state index contributed by atoms with van der Waals surface area (Å²) in [5.41, 5.74) is 6.91. The van der Waals surface area contributed by atoms with Gasteiger partial charge in [-0.15, -0.1) is 0 Å². The topological polar surface area (TPSA) is 63.3 Å². The zero-order valence-electron chi connectivity index (χ0n) is 7.00. The van der Waals surface area contributed by atoms with Gasteiger partial charge in [0.25, 0.3) is 0 Å². The van der Waals surface area contributed by atoms with Crippen molar-refractivity contribution in [3.63, 3.8) is 0 Å². The number of carboxylic acid groups (broad SMARTS) is 1. The van der Waals surface area contributed by atoms with Crippen LogP contribution in [0.2, 0.25) is 0 Å². The second kappa shape index (κ2) is 4.61. The maximum absolute atomic E-state index is 10.3. The fourth-order valence-electron chi connectivity index (χ4n) is 0.904. The summed E-state index contributed by atoms with van der Waals surface area (Å²) in [4.78, 5) is 10.3. The molecule has 0 aliphatic carbocycles. The predicted octanol–water partition coefficient (Wildman–Crippen LogP) is 2.89. The van der Waals surface area contributed by atoms with Crippen LogP contribution in [-0.2, 0) is 4.79 Å². The summed E-state index contributed by atoms with van der Waals surface area (Å²) < 4.78 is 1.57. The highest BCUT2D eigenvalue weighted by Crippen LogP contribution is 2.28. The molecular weight excluding hydrogens is 314 g/mol. The van der Waals surface area contributed by atoms with Crippen LogP contribution in [0.5, 0.6) is 0 Å². The number of nitrogen functional groups attached to an aromatic ring is 1. The lowest BCUT2D eigenvalue weighted by atomic mass is 10.1. The highest BCUT2D eigenvalue weighted by Gasteiger charge is 2.02. The monoisotopic (exact) mass is 319 g/mol. The van der Waals surface area contributed by atoms with Crippen molar-refractivity contribution in [1.29, 1.82) is 0 Å². The Labute approximate surface area is 97.9 Å². The Morgan fingerprint density at radius 3 is 2.64 bits per heavy atom. The van der Waals surface area contributed by atoms with Gasteiger partial charge in [-0.25, -0.2) is 4.79 Å². The molecule has 3 N–H and O–H groups in total. The van der Waals surface area contributed by atoms with Gasteiger partial charge in [0.1, 0.15) is 0 Å². The summed E-state index contributed by atoms with van der Waals surface area (Å²) >= 11 is 6.55. The molecule has 5 heteroatoms. The van der Waals surface area contributed by atoms with Crippen LogP contribution in [0, 0.1) is 0 Å². The number of halogens is 2. The first-order valence-corrected chi connectivity index (χ1v) is 5.25. The summed E-state index contributed by atoms with van der Waals surface area (Å²) in [5, 5.41) is 8.45. The normalized spacial score (nSPS) is 10.7. The zero-order valence-corrected chi connectivity index (χ0v) is 10.2. The number of carboxylic acids is 1. The van der Waals surface area contributed by atoms with Gasteiger partial charge in [0.15, 0.2) is 0 Å². The Bertz CT molecular complexity index is 402. The van der Waals surface area contributed by atoms with Crippen LogP contribution >= 0.6 is 31.9 Å². The molecule has 0 heterocycles. The minimum Gasteiger partial charge on any atom is -0.478 e. The van der Waals surface area contributed by atoms with Crippen molar-refractivity contribution in [1.82, 2.24) is 0 Å². The number of benzene rings is 1. The van der Waals surface area contributed by atoms with E-state index in [1.165, 1.54) is 6.08 Å². The largest absolute Gasteiger partial charge is 0.478 e. The Morgan fingerprint density at radius 1 is 1.43 bits per heavy atom. The molecule has 0 saturated heterocycles. The van der Waals surface area contributed by atoms with Crippen LogP contribution < -0.4 is 5.73 Å². The standard InChI is InChI=1S/C9H7Br2NO2/c10-6-3-5(1-2-8(13)14)9(12)7(11)4-6/h1-4H,12H2,(H,13,14). The molecule has 0 bridgehead atoms. The molecule has 0 spiro atoms. The van der Waals surface area contributed by atoms with Crippen LogP contribution in [0.15, 0.2) is 27.2 Å². The van der Waals surface area contributed by atoms with Gasteiger partial charge in [0.2, 0.25) is 0 Å². The van der Waals surface area contributed by atoms with Gasteiger partial charge in [-0.2, -0.15) is 0 Å². The molecule has 0 radical (unpaired) electrons. The van der Waals surface area contributed by atoms with Crippen molar-refractivity contribution in [2.24, 2.45) is 0 Å². The Morgan fingerprint density at radius 2 is 2.07 bits per heavy atom. The number of carbonyl (C=O) groups is 1. The first-order valence-electron chi connectivity index (χ1n) is 3.66. The van der Waals surface area contributed by atoms with Crippen LogP contribution in [0.3, 0.4) is 0 Å². The lowest BCUT2D eigenvalue weighted by molar-refractivity contribution is -0.131. The summed E-state index contributed by atoms with van der Waals surface area (Å²) in [5.74, 6) is -1.000. The summed E-state index contributed by atoms with van der Waals surface area (Å²) in [6, 6.07) is 3.55. The van der Waals surface area contributed by atoms with E-state index in [9.17, 15) is 4.79 Å². The van der Waals surface area contributed by atoms with Gasteiger partial charge in [-0.1, -0.05) is 15.9 Å². The fraction of sp³-hybridized carbons (Fsp3) is 0. The predicted molar refractivity (Wildman–Crippen MR) is 62.9 cm³/mol. The van der Waals surface area contributed by atoms with E-state index in [2.05, 4.69) is 31.9 Å². The molecule has 1 aromatic rings. The van der Waals surface area contributed by atoms with E-state index in [1.807, 2.05) is 0 Å². The van der Waals surface area contributed by atoms with E-state index in [0.29, 0.717) is 11.3 Å². The first kappa shape index (κ1) is 11.3. The number of hydrogen-bond acceptors (Lipinski definition) is 2. The summed E-state index contributed by atoms with van der Waals surface area (Å²) in [7, 11) is 0. The molecule has 74 valence electrons. The van der Waals surface area contributed by atoms with E-state index in [4.69, 9.17) is 10.8 Å². The van der Waals surface area contributed by atoms with Gasteiger partial charge in [-0.05, 0) is 39.7 Å². The fourth-order valence-corrected chi connectivity index (χ4v) is 2.16. The third kappa shape index (κ3) is 2.85. The molecule has 1 aromatic carbocycles. The lowest BCUT2D eigenvalue weighted by Gasteiger charge is -2.03. The zero-order chi connectivity index (χ0) is 10.7. The number of aliphatic carboxylic acids is 1. The van der Waals surface area contributed by atoms with E-state index < -0.39 is 5.97 Å². The molecule has 0 aliphatic rings.